The molecule has 0 aliphatic heterocycles. The molecule has 0 saturated carbocycles. The van der Waals surface area contributed by atoms with Crippen LogP contribution in [0.15, 0.2) is 11.6 Å². The molecule has 0 aromatic carbocycles. The minimum Gasteiger partial charge on any atom is -0.366 e. The average molecular weight is 590 g/mol. The van der Waals surface area contributed by atoms with Crippen LogP contribution in [0.5, 0.6) is 0 Å². The van der Waals surface area contributed by atoms with Gasteiger partial charge >= 0.3 is 0 Å². The molecule has 0 spiro atoms. The number of allylic oxidation sites excluding steroid dienone is 1. The molecule has 0 unspecified atom stereocenters. The molecule has 0 radical (unpaired) electrons. The predicted molar refractivity (Wildman–Crippen MR) is 190 cm³/mol. The van der Waals surface area contributed by atoms with Gasteiger partial charge in [-0.2, -0.15) is 0 Å². The molecule has 0 aliphatic rings. The lowest BCUT2D eigenvalue weighted by Gasteiger charge is -2.06. The van der Waals surface area contributed by atoms with E-state index in [-0.39, 0.29) is 5.91 Å². The quantitative estimate of drug-likeness (QED) is 0.0573. The molecule has 2 nitrogen and oxygen atoms in total. The minimum absolute atomic E-state index is 0.192. The first-order chi connectivity index (χ1) is 20.7. The number of primary amides is 1. The lowest BCUT2D eigenvalue weighted by atomic mass is 10.0. The molecule has 0 atom stereocenters. The largest absolute Gasteiger partial charge is 0.366 e. The van der Waals surface area contributed by atoms with E-state index in [0.29, 0.717) is 0 Å². The fourth-order valence-corrected chi connectivity index (χ4v) is 6.33. The molecule has 0 aromatic rings. The highest BCUT2D eigenvalue weighted by Crippen LogP contribution is 2.17. The Morgan fingerprint density at radius 3 is 0.881 bits per heavy atom. The summed E-state index contributed by atoms with van der Waals surface area (Å²) in [6, 6.07) is 0. The summed E-state index contributed by atoms with van der Waals surface area (Å²) in [6.07, 6.45) is 50.0. The van der Waals surface area contributed by atoms with E-state index in [2.05, 4.69) is 19.9 Å². The maximum absolute atomic E-state index is 11.9. The molecule has 2 heteroatoms. The lowest BCUT2D eigenvalue weighted by Crippen LogP contribution is -2.14. The Bertz CT molecular complexity index is 554. The zero-order valence-electron chi connectivity index (χ0n) is 29.3. The van der Waals surface area contributed by atoms with Crippen molar-refractivity contribution in [2.24, 2.45) is 5.73 Å². The standard InChI is InChI=1S/C40H79NO/c1-3-5-7-9-11-13-15-17-19-21-22-24-26-28-30-32-34-36-38-39(40(41)42)37-35-33-31-29-27-25-23-20-18-16-14-12-10-8-6-4-2/h38H,3-37H2,1-2H3,(H2,41,42). The van der Waals surface area contributed by atoms with E-state index < -0.39 is 0 Å². The third kappa shape index (κ3) is 33.7. The van der Waals surface area contributed by atoms with Crippen molar-refractivity contribution in [1.82, 2.24) is 0 Å². The molecular formula is C40H79NO. The highest BCUT2D eigenvalue weighted by atomic mass is 16.1. The van der Waals surface area contributed by atoms with Gasteiger partial charge in [-0.15, -0.1) is 0 Å². The Labute approximate surface area is 266 Å². The van der Waals surface area contributed by atoms with Crippen LogP contribution in [-0.4, -0.2) is 5.91 Å². The Hall–Kier alpha value is -0.790. The van der Waals surface area contributed by atoms with Gasteiger partial charge in [0.15, 0.2) is 0 Å². The number of rotatable bonds is 36. The van der Waals surface area contributed by atoms with Crippen LogP contribution in [0.2, 0.25) is 0 Å². The normalized spacial score (nSPS) is 11.9. The van der Waals surface area contributed by atoms with Crippen molar-refractivity contribution in [2.75, 3.05) is 0 Å². The molecule has 0 aromatic heterocycles. The second-order valence-electron chi connectivity index (χ2n) is 13.6. The van der Waals surface area contributed by atoms with Gasteiger partial charge in [0.2, 0.25) is 5.91 Å². The van der Waals surface area contributed by atoms with Crippen molar-refractivity contribution in [3.8, 4) is 0 Å². The van der Waals surface area contributed by atoms with E-state index in [0.717, 1.165) is 24.8 Å². The molecule has 42 heavy (non-hydrogen) atoms. The number of carbonyl (C=O) groups is 1. The lowest BCUT2D eigenvalue weighted by molar-refractivity contribution is -0.114. The number of carbonyl (C=O) groups excluding carboxylic acids is 1. The van der Waals surface area contributed by atoms with Gasteiger partial charge < -0.3 is 5.73 Å². The van der Waals surface area contributed by atoms with Crippen LogP contribution < -0.4 is 5.73 Å². The summed E-state index contributed by atoms with van der Waals surface area (Å²) in [5, 5.41) is 0. The number of hydrogen-bond donors (Lipinski definition) is 1. The third-order valence-electron chi connectivity index (χ3n) is 9.31. The van der Waals surface area contributed by atoms with Crippen molar-refractivity contribution in [1.29, 1.82) is 0 Å². The summed E-state index contributed by atoms with van der Waals surface area (Å²) in [5.74, 6) is -0.192. The highest BCUT2D eigenvalue weighted by Gasteiger charge is 2.04. The molecule has 0 saturated heterocycles. The molecule has 0 rings (SSSR count). The van der Waals surface area contributed by atoms with Crippen LogP contribution in [-0.2, 0) is 4.79 Å². The van der Waals surface area contributed by atoms with Gasteiger partial charge in [-0.05, 0) is 25.7 Å². The summed E-state index contributed by atoms with van der Waals surface area (Å²) in [5.41, 5.74) is 6.56. The van der Waals surface area contributed by atoms with Gasteiger partial charge in [-0.1, -0.05) is 219 Å². The first-order valence-corrected chi connectivity index (χ1v) is 19.7. The van der Waals surface area contributed by atoms with Crippen molar-refractivity contribution in [2.45, 2.75) is 239 Å². The molecule has 0 heterocycles. The summed E-state index contributed by atoms with van der Waals surface area (Å²) in [4.78, 5) is 11.9. The number of amides is 1. The smallest absolute Gasteiger partial charge is 0.244 e. The van der Waals surface area contributed by atoms with Crippen LogP contribution in [0.4, 0.5) is 0 Å². The molecule has 0 aliphatic carbocycles. The van der Waals surface area contributed by atoms with Gasteiger partial charge in [0.25, 0.3) is 0 Å². The summed E-state index contributed by atoms with van der Waals surface area (Å²) in [7, 11) is 0. The molecule has 2 N–H and O–H groups in total. The zero-order valence-corrected chi connectivity index (χ0v) is 29.3. The maximum atomic E-state index is 11.9. The molecule has 1 amide bonds. The van der Waals surface area contributed by atoms with Gasteiger partial charge in [-0.3, -0.25) is 4.79 Å². The third-order valence-corrected chi connectivity index (χ3v) is 9.31. The second kappa shape index (κ2) is 36.4. The minimum atomic E-state index is -0.192. The van der Waals surface area contributed by atoms with E-state index in [1.165, 1.54) is 205 Å². The topological polar surface area (TPSA) is 43.1 Å². The van der Waals surface area contributed by atoms with Gasteiger partial charge in [0.1, 0.15) is 0 Å². The fraction of sp³-hybridized carbons (Fsp3) is 0.925. The van der Waals surface area contributed by atoms with Crippen molar-refractivity contribution >= 4 is 5.91 Å². The molecule has 250 valence electrons. The summed E-state index contributed by atoms with van der Waals surface area (Å²) < 4.78 is 0. The van der Waals surface area contributed by atoms with Crippen LogP contribution in [0.1, 0.15) is 239 Å². The molecule has 0 fully saturated rings. The Balaban J connectivity index is 3.44. The molecular weight excluding hydrogens is 510 g/mol. The predicted octanol–water partition coefficient (Wildman–Crippen LogP) is 14.1. The van der Waals surface area contributed by atoms with Crippen LogP contribution in [0.3, 0.4) is 0 Å². The van der Waals surface area contributed by atoms with Crippen molar-refractivity contribution in [3.05, 3.63) is 11.6 Å². The number of nitrogens with two attached hydrogens (primary N) is 1. The second-order valence-corrected chi connectivity index (χ2v) is 13.6. The monoisotopic (exact) mass is 590 g/mol. The Morgan fingerprint density at radius 1 is 0.381 bits per heavy atom. The zero-order chi connectivity index (χ0) is 30.6. The number of unbranched alkanes of at least 4 members (excludes halogenated alkanes) is 32. The number of hydrogen-bond acceptors (Lipinski definition) is 1. The SMILES string of the molecule is CCCCCCCCCCCCCCCCCCCC=C(CCCCCCCCCCCCCCCCCC)C(N)=O. The van der Waals surface area contributed by atoms with Gasteiger partial charge in [0, 0.05) is 5.57 Å². The summed E-state index contributed by atoms with van der Waals surface area (Å²) in [6.45, 7) is 4.59. The van der Waals surface area contributed by atoms with Crippen molar-refractivity contribution in [3.63, 3.8) is 0 Å². The first-order valence-electron chi connectivity index (χ1n) is 19.7. The Morgan fingerprint density at radius 2 is 0.619 bits per heavy atom. The van der Waals surface area contributed by atoms with E-state index in [1.807, 2.05) is 0 Å². The van der Waals surface area contributed by atoms with E-state index in [1.54, 1.807) is 0 Å². The maximum Gasteiger partial charge on any atom is 0.244 e. The fourth-order valence-electron chi connectivity index (χ4n) is 6.33. The van der Waals surface area contributed by atoms with E-state index >= 15 is 0 Å². The average Bonchev–Trinajstić information content (AvgIpc) is 2.99. The highest BCUT2D eigenvalue weighted by molar-refractivity contribution is 5.91. The van der Waals surface area contributed by atoms with Crippen LogP contribution in [0.25, 0.3) is 0 Å². The van der Waals surface area contributed by atoms with Gasteiger partial charge in [-0.25, -0.2) is 0 Å². The van der Waals surface area contributed by atoms with Crippen LogP contribution in [0, 0.1) is 0 Å². The van der Waals surface area contributed by atoms with Gasteiger partial charge in [0.05, 0.1) is 0 Å². The van der Waals surface area contributed by atoms with E-state index in [4.69, 9.17) is 5.73 Å². The van der Waals surface area contributed by atoms with E-state index in [9.17, 15) is 4.79 Å². The Kier molecular flexibility index (Phi) is 35.7. The molecule has 0 bridgehead atoms. The summed E-state index contributed by atoms with van der Waals surface area (Å²) >= 11 is 0. The first kappa shape index (κ1) is 41.2. The van der Waals surface area contributed by atoms with Crippen molar-refractivity contribution < 1.29 is 4.79 Å². The van der Waals surface area contributed by atoms with Crippen LogP contribution >= 0.6 is 0 Å².